The van der Waals surface area contributed by atoms with Gasteiger partial charge in [0.05, 0.1) is 4.83 Å². The van der Waals surface area contributed by atoms with Crippen molar-refractivity contribution in [3.8, 4) is 0 Å². The van der Waals surface area contributed by atoms with Crippen LogP contribution in [0.1, 0.15) is 40.5 Å². The molecule has 1 rings (SSSR count). The first-order valence-corrected chi connectivity index (χ1v) is 7.28. The lowest BCUT2D eigenvalue weighted by Gasteiger charge is -2.33. The van der Waals surface area contributed by atoms with E-state index < -0.39 is 5.60 Å². The molecule has 0 bridgehead atoms. The second-order valence-electron chi connectivity index (χ2n) is 5.76. The van der Waals surface area contributed by atoms with Gasteiger partial charge in [-0.05, 0) is 40.5 Å². The largest absolute Gasteiger partial charge is 0.444 e. The van der Waals surface area contributed by atoms with Gasteiger partial charge in [0.2, 0.25) is 0 Å². The first-order valence-electron chi connectivity index (χ1n) is 6.36. The van der Waals surface area contributed by atoms with Gasteiger partial charge in [0.15, 0.2) is 0 Å². The second kappa shape index (κ2) is 6.04. The Balaban J connectivity index is 2.44. The van der Waals surface area contributed by atoms with Gasteiger partial charge in [-0.25, -0.2) is 4.79 Å². The minimum absolute atomic E-state index is 0.0676. The van der Waals surface area contributed by atoms with Crippen molar-refractivity contribution in [1.82, 2.24) is 4.90 Å². The number of ether oxygens (including phenoxy) is 1. The van der Waals surface area contributed by atoms with Crippen LogP contribution in [0.4, 0.5) is 4.79 Å². The first-order chi connectivity index (χ1) is 8.20. The molecule has 1 unspecified atom stereocenters. The molecule has 1 amide bonds. The zero-order valence-electron chi connectivity index (χ0n) is 11.5. The number of alkyl halides is 1. The van der Waals surface area contributed by atoms with E-state index in [9.17, 15) is 9.59 Å². The molecule has 1 aliphatic rings. The summed E-state index contributed by atoms with van der Waals surface area (Å²) in [4.78, 5) is 25.2. The van der Waals surface area contributed by atoms with Crippen molar-refractivity contribution in [3.05, 3.63) is 0 Å². The van der Waals surface area contributed by atoms with Crippen molar-refractivity contribution in [2.24, 2.45) is 5.92 Å². The summed E-state index contributed by atoms with van der Waals surface area (Å²) in [6.07, 6.45) is 1.18. The summed E-state index contributed by atoms with van der Waals surface area (Å²) >= 11 is 3.30. The number of rotatable bonds is 2. The highest BCUT2D eigenvalue weighted by atomic mass is 79.9. The molecule has 1 saturated heterocycles. The number of carbonyl (C=O) groups is 2. The molecular weight excluding hydrogens is 298 g/mol. The number of nitrogens with zero attached hydrogens (tertiary/aromatic N) is 1. The molecule has 0 aromatic rings. The van der Waals surface area contributed by atoms with Crippen molar-refractivity contribution in [3.63, 3.8) is 0 Å². The quantitative estimate of drug-likeness (QED) is 0.735. The summed E-state index contributed by atoms with van der Waals surface area (Å²) < 4.78 is 5.31. The maximum atomic E-state index is 11.8. The van der Waals surface area contributed by atoms with Crippen LogP contribution < -0.4 is 0 Å². The number of halogens is 1. The molecule has 0 saturated carbocycles. The van der Waals surface area contributed by atoms with Crippen LogP contribution in [0.3, 0.4) is 0 Å². The highest BCUT2D eigenvalue weighted by Crippen LogP contribution is 2.23. The minimum Gasteiger partial charge on any atom is -0.444 e. The van der Waals surface area contributed by atoms with Crippen LogP contribution in [-0.4, -0.2) is 40.3 Å². The molecule has 5 heteroatoms. The van der Waals surface area contributed by atoms with Crippen molar-refractivity contribution >= 4 is 27.8 Å². The fourth-order valence-electron chi connectivity index (χ4n) is 2.00. The lowest BCUT2D eigenvalue weighted by Crippen LogP contribution is -2.43. The molecule has 1 heterocycles. The molecule has 0 N–H and O–H groups in total. The van der Waals surface area contributed by atoms with Crippen LogP contribution in [0.5, 0.6) is 0 Å². The van der Waals surface area contributed by atoms with E-state index in [2.05, 4.69) is 15.9 Å². The predicted molar refractivity (Wildman–Crippen MR) is 73.9 cm³/mol. The summed E-state index contributed by atoms with van der Waals surface area (Å²) in [5, 5.41) is 0. The molecule has 0 spiro atoms. The summed E-state index contributed by atoms with van der Waals surface area (Å²) in [5.41, 5.74) is -0.464. The van der Waals surface area contributed by atoms with Crippen molar-refractivity contribution in [2.75, 3.05) is 13.1 Å². The minimum atomic E-state index is -0.464. The lowest BCUT2D eigenvalue weighted by atomic mass is 9.91. The Hall–Kier alpha value is -0.580. The summed E-state index contributed by atoms with van der Waals surface area (Å²) in [5.74, 6) is 0.303. The Morgan fingerprint density at radius 1 is 1.28 bits per heavy atom. The van der Waals surface area contributed by atoms with Gasteiger partial charge in [-0.2, -0.15) is 0 Å². The number of carbonyl (C=O) groups excluding carboxylic acids is 2. The lowest BCUT2D eigenvalue weighted by molar-refractivity contribution is -0.123. The highest BCUT2D eigenvalue weighted by Gasteiger charge is 2.30. The van der Waals surface area contributed by atoms with Crippen LogP contribution in [0, 0.1) is 5.92 Å². The maximum absolute atomic E-state index is 11.8. The molecule has 1 aliphatic heterocycles. The Labute approximate surface area is 117 Å². The van der Waals surface area contributed by atoms with E-state index in [4.69, 9.17) is 4.74 Å². The van der Waals surface area contributed by atoms with Gasteiger partial charge in [-0.3, -0.25) is 4.79 Å². The van der Waals surface area contributed by atoms with Gasteiger partial charge >= 0.3 is 6.09 Å². The Bertz CT molecular complexity index is 315. The van der Waals surface area contributed by atoms with Crippen LogP contribution in [0.25, 0.3) is 0 Å². The van der Waals surface area contributed by atoms with E-state index >= 15 is 0 Å². The standard InChI is InChI=1S/C13H22BrNO3/c1-9(14)11(16)10-5-7-15(8-6-10)12(17)18-13(2,3)4/h9-10H,5-8H2,1-4H3. The van der Waals surface area contributed by atoms with E-state index in [-0.39, 0.29) is 22.6 Å². The number of amides is 1. The average molecular weight is 320 g/mol. The van der Waals surface area contributed by atoms with Crippen LogP contribution >= 0.6 is 15.9 Å². The van der Waals surface area contributed by atoms with Crippen molar-refractivity contribution < 1.29 is 14.3 Å². The van der Waals surface area contributed by atoms with E-state index in [1.54, 1.807) is 4.90 Å². The molecule has 0 aromatic heterocycles. The molecule has 4 nitrogen and oxygen atoms in total. The summed E-state index contributed by atoms with van der Waals surface area (Å²) in [6, 6.07) is 0. The number of hydrogen-bond donors (Lipinski definition) is 0. The molecule has 1 atom stereocenters. The van der Waals surface area contributed by atoms with Crippen molar-refractivity contribution in [1.29, 1.82) is 0 Å². The topological polar surface area (TPSA) is 46.6 Å². The van der Waals surface area contributed by atoms with Crippen LogP contribution in [-0.2, 0) is 9.53 Å². The van der Waals surface area contributed by atoms with E-state index in [0.717, 1.165) is 12.8 Å². The molecule has 1 fully saturated rings. The van der Waals surface area contributed by atoms with Gasteiger partial charge in [-0.1, -0.05) is 15.9 Å². The van der Waals surface area contributed by atoms with Gasteiger partial charge in [0, 0.05) is 19.0 Å². The SMILES string of the molecule is CC(Br)C(=O)C1CCN(C(=O)OC(C)(C)C)CC1. The summed E-state index contributed by atoms with van der Waals surface area (Å²) in [6.45, 7) is 8.62. The fourth-order valence-corrected chi connectivity index (χ4v) is 2.37. The van der Waals surface area contributed by atoms with Crippen LogP contribution in [0.15, 0.2) is 0 Å². The number of ketones is 1. The zero-order chi connectivity index (χ0) is 13.9. The number of hydrogen-bond acceptors (Lipinski definition) is 3. The van der Waals surface area contributed by atoms with Gasteiger partial charge < -0.3 is 9.64 Å². The predicted octanol–water partition coefficient (Wildman–Crippen LogP) is 2.99. The Morgan fingerprint density at radius 2 is 1.78 bits per heavy atom. The molecule has 18 heavy (non-hydrogen) atoms. The Morgan fingerprint density at radius 3 is 2.17 bits per heavy atom. The van der Waals surface area contributed by atoms with Gasteiger partial charge in [-0.15, -0.1) is 0 Å². The number of Topliss-reactive ketones (excluding diaryl/α,β-unsaturated/α-hetero) is 1. The molecule has 0 radical (unpaired) electrons. The van der Waals surface area contributed by atoms with E-state index in [1.807, 2.05) is 27.7 Å². The van der Waals surface area contributed by atoms with Crippen molar-refractivity contribution in [2.45, 2.75) is 51.0 Å². The van der Waals surface area contributed by atoms with Crippen LogP contribution in [0.2, 0.25) is 0 Å². The fraction of sp³-hybridized carbons (Fsp3) is 0.846. The first kappa shape index (κ1) is 15.5. The highest BCUT2D eigenvalue weighted by molar-refractivity contribution is 9.10. The Kier molecular flexibility index (Phi) is 5.20. The third kappa shape index (κ3) is 4.59. The van der Waals surface area contributed by atoms with Gasteiger partial charge in [0.25, 0.3) is 0 Å². The summed E-state index contributed by atoms with van der Waals surface area (Å²) in [7, 11) is 0. The van der Waals surface area contributed by atoms with E-state index in [0.29, 0.717) is 13.1 Å². The van der Waals surface area contributed by atoms with Gasteiger partial charge in [0.1, 0.15) is 11.4 Å². The molecule has 0 aromatic carbocycles. The smallest absolute Gasteiger partial charge is 0.410 e. The third-order valence-corrected chi connectivity index (χ3v) is 3.39. The molecule has 0 aliphatic carbocycles. The second-order valence-corrected chi connectivity index (χ2v) is 7.13. The normalized spacial score (nSPS) is 19.5. The average Bonchev–Trinajstić information content (AvgIpc) is 2.26. The zero-order valence-corrected chi connectivity index (χ0v) is 13.1. The number of likely N-dealkylation sites (tertiary alicyclic amines) is 1. The third-order valence-electron chi connectivity index (χ3n) is 2.94. The maximum Gasteiger partial charge on any atom is 0.410 e. The molecule has 104 valence electrons. The molecular formula is C13H22BrNO3. The number of piperidine rings is 1. The van der Waals surface area contributed by atoms with E-state index in [1.165, 1.54) is 0 Å². The monoisotopic (exact) mass is 319 g/mol.